The van der Waals surface area contributed by atoms with Crippen LogP contribution in [0.15, 0.2) is 22.7 Å². The van der Waals surface area contributed by atoms with E-state index >= 15 is 0 Å². The number of ether oxygens (including phenoxy) is 1. The van der Waals surface area contributed by atoms with Crippen LogP contribution in [0, 0.1) is 0 Å². The summed E-state index contributed by atoms with van der Waals surface area (Å²) in [6.45, 7) is 1.18. The van der Waals surface area contributed by atoms with Crippen molar-refractivity contribution >= 4 is 31.7 Å². The number of hydrogen-bond donors (Lipinski definition) is 0. The van der Waals surface area contributed by atoms with Crippen LogP contribution in [0.1, 0.15) is 31.2 Å². The van der Waals surface area contributed by atoms with Crippen molar-refractivity contribution in [3.05, 3.63) is 28.2 Å². The molecule has 0 bridgehead atoms. The standard InChI is InChI=1S/C17H24BrNO4S/c1-23-16-7-5-13(12-15(16)18)6-8-17(20)19-10-3-4-14(9-11-19)24(2,21)22/h5,7,12,14H,3-4,6,8-11H2,1-2H3/t14-/m1/s1. The second-order valence-corrected chi connectivity index (χ2v) is 9.41. The van der Waals surface area contributed by atoms with Gasteiger partial charge in [0, 0.05) is 25.8 Å². The number of carbonyl (C=O) groups is 1. The molecular formula is C17H24BrNO4S. The Morgan fingerprint density at radius 2 is 2.08 bits per heavy atom. The molecule has 0 N–H and O–H groups in total. The van der Waals surface area contributed by atoms with Crippen LogP contribution in [0.2, 0.25) is 0 Å². The first-order chi connectivity index (χ1) is 11.3. The largest absolute Gasteiger partial charge is 0.496 e. The Balaban J connectivity index is 1.89. The third kappa shape index (κ3) is 5.21. The molecule has 24 heavy (non-hydrogen) atoms. The lowest BCUT2D eigenvalue weighted by molar-refractivity contribution is -0.131. The summed E-state index contributed by atoms with van der Waals surface area (Å²) in [5.41, 5.74) is 1.07. The van der Waals surface area contributed by atoms with E-state index in [9.17, 15) is 13.2 Å². The van der Waals surface area contributed by atoms with Crippen LogP contribution in [0.4, 0.5) is 0 Å². The molecule has 0 radical (unpaired) electrons. The molecule has 7 heteroatoms. The third-order valence-corrected chi connectivity index (χ3v) is 6.78. The molecule has 0 spiro atoms. The zero-order chi connectivity index (χ0) is 17.7. The maximum atomic E-state index is 12.4. The van der Waals surface area contributed by atoms with E-state index in [0.717, 1.165) is 22.2 Å². The molecule has 1 heterocycles. The number of sulfone groups is 1. The molecule has 1 aliphatic heterocycles. The molecule has 0 aliphatic carbocycles. The van der Waals surface area contributed by atoms with Crippen molar-refractivity contribution in [2.24, 2.45) is 0 Å². The number of hydrogen-bond acceptors (Lipinski definition) is 4. The minimum absolute atomic E-state index is 0.0936. The molecule has 1 saturated heterocycles. The fourth-order valence-corrected chi connectivity index (χ4v) is 4.73. The zero-order valence-electron chi connectivity index (χ0n) is 14.1. The van der Waals surface area contributed by atoms with Gasteiger partial charge in [-0.3, -0.25) is 4.79 Å². The Kier molecular flexibility index (Phi) is 6.69. The van der Waals surface area contributed by atoms with Crippen molar-refractivity contribution in [1.29, 1.82) is 0 Å². The molecule has 134 valence electrons. The highest BCUT2D eigenvalue weighted by atomic mass is 79.9. The van der Waals surface area contributed by atoms with Gasteiger partial charge < -0.3 is 9.64 Å². The summed E-state index contributed by atoms with van der Waals surface area (Å²) in [6.07, 6.45) is 4.32. The van der Waals surface area contributed by atoms with E-state index in [2.05, 4.69) is 15.9 Å². The zero-order valence-corrected chi connectivity index (χ0v) is 16.5. The highest BCUT2D eigenvalue weighted by Crippen LogP contribution is 2.26. The van der Waals surface area contributed by atoms with E-state index in [0.29, 0.717) is 38.8 Å². The molecule has 0 aromatic heterocycles. The first-order valence-electron chi connectivity index (χ1n) is 8.10. The second-order valence-electron chi connectivity index (χ2n) is 6.23. The molecule has 1 aromatic carbocycles. The number of methoxy groups -OCH3 is 1. The molecule has 1 atom stereocenters. The number of nitrogens with zero attached hydrogens (tertiary/aromatic N) is 1. The summed E-state index contributed by atoms with van der Waals surface area (Å²) in [5.74, 6) is 0.862. The summed E-state index contributed by atoms with van der Waals surface area (Å²) in [6, 6.07) is 5.81. The van der Waals surface area contributed by atoms with Crippen LogP contribution in [-0.2, 0) is 21.1 Å². The lowest BCUT2D eigenvalue weighted by Gasteiger charge is -2.20. The van der Waals surface area contributed by atoms with Crippen LogP contribution in [-0.4, -0.2) is 50.9 Å². The van der Waals surface area contributed by atoms with Crippen LogP contribution >= 0.6 is 15.9 Å². The van der Waals surface area contributed by atoms with Crippen LogP contribution in [0.25, 0.3) is 0 Å². The van der Waals surface area contributed by atoms with Gasteiger partial charge in [-0.1, -0.05) is 6.07 Å². The lowest BCUT2D eigenvalue weighted by atomic mass is 10.1. The van der Waals surface area contributed by atoms with Gasteiger partial charge >= 0.3 is 0 Å². The molecule has 1 aromatic rings. The monoisotopic (exact) mass is 417 g/mol. The topological polar surface area (TPSA) is 63.7 Å². The van der Waals surface area contributed by atoms with Crippen molar-refractivity contribution in [2.75, 3.05) is 26.5 Å². The Bertz CT molecular complexity index is 690. The number of aryl methyl sites for hydroxylation is 1. The highest BCUT2D eigenvalue weighted by Gasteiger charge is 2.26. The SMILES string of the molecule is COc1ccc(CCC(=O)N2CCC[C@@H](S(C)(=O)=O)CC2)cc1Br. The smallest absolute Gasteiger partial charge is 0.222 e. The fraction of sp³-hybridized carbons (Fsp3) is 0.588. The molecule has 5 nitrogen and oxygen atoms in total. The average Bonchev–Trinajstić information content (AvgIpc) is 2.78. The van der Waals surface area contributed by atoms with Gasteiger partial charge in [-0.15, -0.1) is 0 Å². The Morgan fingerprint density at radius 3 is 2.71 bits per heavy atom. The van der Waals surface area contributed by atoms with E-state index < -0.39 is 9.84 Å². The Hall–Kier alpha value is -1.08. The maximum absolute atomic E-state index is 12.4. The summed E-state index contributed by atoms with van der Waals surface area (Å²) < 4.78 is 29.5. The second kappa shape index (κ2) is 8.34. The van der Waals surface area contributed by atoms with Gasteiger partial charge in [-0.2, -0.15) is 0 Å². The molecule has 1 amide bonds. The molecular weight excluding hydrogens is 394 g/mol. The van der Waals surface area contributed by atoms with Gasteiger partial charge in [0.15, 0.2) is 0 Å². The number of benzene rings is 1. The summed E-state index contributed by atoms with van der Waals surface area (Å²) in [5, 5.41) is -0.312. The van der Waals surface area contributed by atoms with Crippen LogP contribution in [0.3, 0.4) is 0 Å². The first-order valence-corrected chi connectivity index (χ1v) is 10.8. The quantitative estimate of drug-likeness (QED) is 0.738. The molecule has 0 saturated carbocycles. The van der Waals surface area contributed by atoms with Crippen molar-refractivity contribution in [3.63, 3.8) is 0 Å². The number of carbonyl (C=O) groups excluding carboxylic acids is 1. The Labute approximate surface area is 152 Å². The normalized spacial score (nSPS) is 19.0. The summed E-state index contributed by atoms with van der Waals surface area (Å²) >= 11 is 3.45. The predicted octanol–water partition coefficient (Wildman–Crippen LogP) is 2.82. The van der Waals surface area contributed by atoms with Crippen molar-refractivity contribution in [1.82, 2.24) is 4.90 Å². The molecule has 1 fully saturated rings. The summed E-state index contributed by atoms with van der Waals surface area (Å²) in [7, 11) is -1.40. The first kappa shape index (κ1) is 19.2. The van der Waals surface area contributed by atoms with Gasteiger partial charge in [0.2, 0.25) is 5.91 Å². The Morgan fingerprint density at radius 1 is 1.33 bits per heavy atom. The number of rotatable bonds is 5. The molecule has 2 rings (SSSR count). The van der Waals surface area contributed by atoms with Crippen molar-refractivity contribution < 1.29 is 17.9 Å². The highest BCUT2D eigenvalue weighted by molar-refractivity contribution is 9.10. The van der Waals surface area contributed by atoms with Crippen LogP contribution < -0.4 is 4.74 Å². The number of amides is 1. The van der Waals surface area contributed by atoms with Gasteiger partial charge in [-0.05, 0) is 59.3 Å². The van der Waals surface area contributed by atoms with Gasteiger partial charge in [0.25, 0.3) is 0 Å². The lowest BCUT2D eigenvalue weighted by Crippen LogP contribution is -2.32. The third-order valence-electron chi connectivity index (χ3n) is 4.48. The van der Waals surface area contributed by atoms with Gasteiger partial charge in [-0.25, -0.2) is 8.42 Å². The molecule has 0 unspecified atom stereocenters. The minimum Gasteiger partial charge on any atom is -0.496 e. The number of likely N-dealkylation sites (tertiary alicyclic amines) is 1. The van der Waals surface area contributed by atoms with Gasteiger partial charge in [0.1, 0.15) is 15.6 Å². The molecule has 1 aliphatic rings. The van der Waals surface area contributed by atoms with Gasteiger partial charge in [0.05, 0.1) is 16.8 Å². The van der Waals surface area contributed by atoms with Crippen LogP contribution in [0.5, 0.6) is 5.75 Å². The van der Waals surface area contributed by atoms with Crippen molar-refractivity contribution in [3.8, 4) is 5.75 Å². The number of halogens is 1. The minimum atomic E-state index is -3.02. The average molecular weight is 418 g/mol. The van der Waals surface area contributed by atoms with E-state index in [1.165, 1.54) is 6.26 Å². The van der Waals surface area contributed by atoms with E-state index in [-0.39, 0.29) is 11.2 Å². The van der Waals surface area contributed by atoms with E-state index in [4.69, 9.17) is 4.74 Å². The summed E-state index contributed by atoms with van der Waals surface area (Å²) in [4.78, 5) is 14.2. The van der Waals surface area contributed by atoms with E-state index in [1.54, 1.807) is 7.11 Å². The van der Waals surface area contributed by atoms with Crippen molar-refractivity contribution in [2.45, 2.75) is 37.4 Å². The fourth-order valence-electron chi connectivity index (χ4n) is 3.02. The predicted molar refractivity (Wildman–Crippen MR) is 98.1 cm³/mol. The van der Waals surface area contributed by atoms with E-state index in [1.807, 2.05) is 23.1 Å². The maximum Gasteiger partial charge on any atom is 0.222 e.